The Morgan fingerprint density at radius 3 is 2.14 bits per heavy atom. The van der Waals surface area contributed by atoms with Gasteiger partial charge in [0.15, 0.2) is 0 Å². The summed E-state index contributed by atoms with van der Waals surface area (Å²) < 4.78 is 0. The van der Waals surface area contributed by atoms with Crippen LogP contribution in [0.2, 0.25) is 0 Å². The van der Waals surface area contributed by atoms with E-state index in [0.29, 0.717) is 12.8 Å². The van der Waals surface area contributed by atoms with Crippen molar-refractivity contribution in [1.29, 1.82) is 0 Å². The number of carbonyl (C=O) groups excluding carboxylic acids is 2. The topological polar surface area (TPSA) is 104 Å². The number of unbranched alkanes of at least 4 members (excludes halogenated alkanes) is 3. The minimum atomic E-state index is -1.20. The van der Waals surface area contributed by atoms with Crippen LogP contribution < -0.4 is 5.32 Å². The number of hydrogen-bond donors (Lipinski definition) is 3. The molecular weight excluding hydrogens is 286 g/mol. The molecule has 0 rings (SSSR count). The van der Waals surface area contributed by atoms with Gasteiger partial charge in [-0.1, -0.05) is 39.5 Å². The van der Waals surface area contributed by atoms with E-state index < -0.39 is 23.8 Å². The maximum Gasteiger partial charge on any atom is 0.326 e. The van der Waals surface area contributed by atoms with Crippen molar-refractivity contribution < 1.29 is 24.6 Å². The molecule has 0 aliphatic carbocycles. The molecule has 0 aromatic heterocycles. The molecule has 1 amide bonds. The van der Waals surface area contributed by atoms with Crippen LogP contribution in [-0.4, -0.2) is 40.5 Å². The molecule has 0 aliphatic heterocycles. The third kappa shape index (κ3) is 8.12. The Kier molecular flexibility index (Phi) is 11.4. The Morgan fingerprint density at radius 1 is 1.00 bits per heavy atom. The lowest BCUT2D eigenvalue weighted by Crippen LogP contribution is -2.45. The van der Waals surface area contributed by atoms with Crippen LogP contribution in [0.15, 0.2) is 0 Å². The number of rotatable bonds is 13. The van der Waals surface area contributed by atoms with Crippen LogP contribution in [0, 0.1) is 5.92 Å². The summed E-state index contributed by atoms with van der Waals surface area (Å²) in [7, 11) is 0. The zero-order valence-corrected chi connectivity index (χ0v) is 13.6. The molecule has 0 bridgehead atoms. The third-order valence-electron chi connectivity index (χ3n) is 3.61. The number of ketones is 1. The number of hydrogen-bond acceptors (Lipinski definition) is 4. The van der Waals surface area contributed by atoms with E-state index in [0.717, 1.165) is 32.1 Å². The predicted octanol–water partition coefficient (Wildman–Crippen LogP) is 1.89. The van der Waals surface area contributed by atoms with Gasteiger partial charge in [0.1, 0.15) is 11.8 Å². The van der Waals surface area contributed by atoms with E-state index in [2.05, 4.69) is 5.32 Å². The normalized spacial score (nSPS) is 13.4. The Morgan fingerprint density at radius 2 is 1.64 bits per heavy atom. The Balaban J connectivity index is 4.73. The molecule has 128 valence electrons. The highest BCUT2D eigenvalue weighted by Gasteiger charge is 2.29. The summed E-state index contributed by atoms with van der Waals surface area (Å²) in [6.07, 6.45) is 5.04. The first-order valence-electron chi connectivity index (χ1n) is 8.14. The minimum absolute atomic E-state index is 0.0639. The standard InChI is InChI=1S/C16H29NO5/c1-3-5-7-9-14(19)12(8-6-4-2)15(20)17-13(10-11-18)16(21)22/h12-13,18H,3-11H2,1-2H3,(H,17,20)(H,21,22)/t12?,13-/m0/s1. The van der Waals surface area contributed by atoms with Crippen LogP contribution >= 0.6 is 0 Å². The van der Waals surface area contributed by atoms with Gasteiger partial charge in [-0.05, 0) is 12.8 Å². The molecule has 2 atom stereocenters. The number of carboxylic acid groups (broad SMARTS) is 1. The molecule has 0 heterocycles. The summed E-state index contributed by atoms with van der Waals surface area (Å²) in [5.41, 5.74) is 0. The Hall–Kier alpha value is -1.43. The first kappa shape index (κ1) is 20.6. The molecule has 6 nitrogen and oxygen atoms in total. The molecular formula is C16H29NO5. The lowest BCUT2D eigenvalue weighted by Gasteiger charge is -2.19. The fraction of sp³-hybridized carbons (Fsp3) is 0.812. The van der Waals surface area contributed by atoms with Gasteiger partial charge in [0.05, 0.1) is 5.92 Å². The van der Waals surface area contributed by atoms with Gasteiger partial charge in [-0.15, -0.1) is 0 Å². The number of aliphatic carboxylic acids is 1. The number of nitrogens with one attached hydrogen (secondary N) is 1. The average molecular weight is 315 g/mol. The molecule has 22 heavy (non-hydrogen) atoms. The first-order chi connectivity index (χ1) is 10.5. The van der Waals surface area contributed by atoms with Crippen molar-refractivity contribution in [2.75, 3.05) is 6.61 Å². The van der Waals surface area contributed by atoms with E-state index >= 15 is 0 Å². The summed E-state index contributed by atoms with van der Waals surface area (Å²) >= 11 is 0. The van der Waals surface area contributed by atoms with Crippen molar-refractivity contribution in [2.45, 2.75) is 71.3 Å². The molecule has 0 radical (unpaired) electrons. The van der Waals surface area contributed by atoms with Gasteiger partial charge >= 0.3 is 5.97 Å². The number of carbonyl (C=O) groups is 3. The van der Waals surface area contributed by atoms with Crippen LogP contribution in [0.4, 0.5) is 0 Å². The Labute approximate surface area is 132 Å². The van der Waals surface area contributed by atoms with Crippen molar-refractivity contribution in [1.82, 2.24) is 5.32 Å². The summed E-state index contributed by atoms with van der Waals surface area (Å²) in [5.74, 6) is -2.63. The second-order valence-electron chi connectivity index (χ2n) is 5.53. The smallest absolute Gasteiger partial charge is 0.326 e. The van der Waals surface area contributed by atoms with Crippen LogP contribution in [0.5, 0.6) is 0 Å². The van der Waals surface area contributed by atoms with Crippen molar-refractivity contribution in [3.63, 3.8) is 0 Å². The third-order valence-corrected chi connectivity index (χ3v) is 3.61. The Bertz CT molecular complexity index is 356. The molecule has 1 unspecified atom stereocenters. The quantitative estimate of drug-likeness (QED) is 0.356. The zero-order valence-electron chi connectivity index (χ0n) is 13.6. The maximum atomic E-state index is 12.2. The molecule has 0 aromatic rings. The average Bonchev–Trinajstić information content (AvgIpc) is 2.47. The van der Waals surface area contributed by atoms with Crippen LogP contribution in [0.25, 0.3) is 0 Å². The van der Waals surface area contributed by atoms with Crippen molar-refractivity contribution >= 4 is 17.7 Å². The molecule has 0 saturated heterocycles. The van der Waals surface area contributed by atoms with Gasteiger partial charge in [0.25, 0.3) is 0 Å². The second-order valence-corrected chi connectivity index (χ2v) is 5.53. The van der Waals surface area contributed by atoms with Gasteiger partial charge in [-0.2, -0.15) is 0 Å². The molecule has 0 aliphatic rings. The highest BCUT2D eigenvalue weighted by atomic mass is 16.4. The maximum absolute atomic E-state index is 12.2. The fourth-order valence-electron chi connectivity index (χ4n) is 2.23. The predicted molar refractivity (Wildman–Crippen MR) is 83.4 cm³/mol. The molecule has 3 N–H and O–H groups in total. The monoisotopic (exact) mass is 315 g/mol. The number of carboxylic acids is 1. The van der Waals surface area contributed by atoms with Crippen LogP contribution in [0.3, 0.4) is 0 Å². The summed E-state index contributed by atoms with van der Waals surface area (Å²) in [4.78, 5) is 35.5. The molecule has 0 saturated carbocycles. The largest absolute Gasteiger partial charge is 0.480 e. The number of aliphatic hydroxyl groups excluding tert-OH is 1. The van der Waals surface area contributed by atoms with Crippen LogP contribution in [0.1, 0.15) is 65.2 Å². The summed E-state index contributed by atoms with van der Waals surface area (Å²) in [6, 6.07) is -1.15. The van der Waals surface area contributed by atoms with E-state index in [1.807, 2.05) is 13.8 Å². The fourth-order valence-corrected chi connectivity index (χ4v) is 2.23. The lowest BCUT2D eigenvalue weighted by molar-refractivity contribution is -0.144. The number of Topliss-reactive ketones (excluding diaryl/α,β-unsaturated/α-hetero) is 1. The van der Waals surface area contributed by atoms with E-state index in [1.165, 1.54) is 0 Å². The highest BCUT2D eigenvalue weighted by Crippen LogP contribution is 2.15. The molecule has 0 aromatic carbocycles. The van der Waals surface area contributed by atoms with E-state index in [9.17, 15) is 14.4 Å². The second kappa shape index (κ2) is 12.1. The van der Waals surface area contributed by atoms with Crippen molar-refractivity contribution in [2.24, 2.45) is 5.92 Å². The summed E-state index contributed by atoms with van der Waals surface area (Å²) in [6.45, 7) is 3.68. The zero-order chi connectivity index (χ0) is 17.0. The minimum Gasteiger partial charge on any atom is -0.480 e. The number of aliphatic hydroxyl groups is 1. The van der Waals surface area contributed by atoms with Crippen molar-refractivity contribution in [3.05, 3.63) is 0 Å². The van der Waals surface area contributed by atoms with Gasteiger partial charge in [-0.3, -0.25) is 9.59 Å². The SMILES string of the molecule is CCCCCC(=O)C(CCCC)C(=O)N[C@@H](CCO)C(=O)O. The van der Waals surface area contributed by atoms with Gasteiger partial charge in [0, 0.05) is 19.4 Å². The van der Waals surface area contributed by atoms with Gasteiger partial charge < -0.3 is 15.5 Å². The highest BCUT2D eigenvalue weighted by molar-refractivity contribution is 6.02. The summed E-state index contributed by atoms with van der Waals surface area (Å²) in [5, 5.41) is 20.2. The van der Waals surface area contributed by atoms with E-state index in [-0.39, 0.29) is 18.8 Å². The van der Waals surface area contributed by atoms with Gasteiger partial charge in [0.2, 0.25) is 5.91 Å². The van der Waals surface area contributed by atoms with Crippen LogP contribution in [-0.2, 0) is 14.4 Å². The number of amides is 1. The van der Waals surface area contributed by atoms with Gasteiger partial charge in [-0.25, -0.2) is 4.79 Å². The van der Waals surface area contributed by atoms with E-state index in [4.69, 9.17) is 10.2 Å². The van der Waals surface area contributed by atoms with E-state index in [1.54, 1.807) is 0 Å². The lowest BCUT2D eigenvalue weighted by atomic mass is 9.92. The molecule has 0 spiro atoms. The van der Waals surface area contributed by atoms with Crippen molar-refractivity contribution in [3.8, 4) is 0 Å². The first-order valence-corrected chi connectivity index (χ1v) is 8.14. The molecule has 6 heteroatoms. The molecule has 0 fully saturated rings.